The number of hydrogen-bond donors (Lipinski definition) is 0. The fourth-order valence-corrected chi connectivity index (χ4v) is 8.42. The Balaban J connectivity index is 1.11. The first-order chi connectivity index (χ1) is 28.2. The number of fused-ring (bicyclic) bond motifs is 9. The van der Waals surface area contributed by atoms with Gasteiger partial charge in [0.15, 0.2) is 17.5 Å². The summed E-state index contributed by atoms with van der Waals surface area (Å²) in [5, 5.41) is 6.35. The number of rotatable bonds is 5. The summed E-state index contributed by atoms with van der Waals surface area (Å²) in [6.07, 6.45) is 0. The van der Waals surface area contributed by atoms with E-state index in [2.05, 4.69) is 132 Å². The van der Waals surface area contributed by atoms with E-state index in [0.717, 1.165) is 93.8 Å². The molecule has 0 aliphatic heterocycles. The van der Waals surface area contributed by atoms with E-state index in [1.54, 1.807) is 0 Å². The van der Waals surface area contributed by atoms with Crippen LogP contribution in [0.3, 0.4) is 0 Å². The van der Waals surface area contributed by atoms with E-state index >= 15 is 0 Å². The van der Waals surface area contributed by atoms with Crippen molar-refractivity contribution in [2.75, 3.05) is 0 Å². The van der Waals surface area contributed by atoms with Crippen LogP contribution in [0.5, 0.6) is 0 Å². The molecular formula is C51H30N4O2. The lowest BCUT2D eigenvalue weighted by molar-refractivity contribution is 0.668. The normalized spacial score (nSPS) is 11.9. The van der Waals surface area contributed by atoms with Crippen molar-refractivity contribution >= 4 is 65.7 Å². The molecule has 0 amide bonds. The lowest BCUT2D eigenvalue weighted by atomic mass is 10.0. The van der Waals surface area contributed by atoms with Crippen LogP contribution in [0.25, 0.3) is 117 Å². The molecule has 0 radical (unpaired) electrons. The predicted octanol–water partition coefficient (Wildman–Crippen LogP) is 13.4. The van der Waals surface area contributed by atoms with Crippen molar-refractivity contribution in [2.24, 2.45) is 0 Å². The Kier molecular flexibility index (Phi) is 6.83. The molecule has 6 nitrogen and oxygen atoms in total. The average molecular weight is 731 g/mol. The van der Waals surface area contributed by atoms with Crippen molar-refractivity contribution in [2.45, 2.75) is 0 Å². The van der Waals surface area contributed by atoms with Gasteiger partial charge >= 0.3 is 0 Å². The van der Waals surface area contributed by atoms with Crippen LogP contribution in [0.1, 0.15) is 0 Å². The zero-order valence-corrected chi connectivity index (χ0v) is 30.4. The average Bonchev–Trinajstić information content (AvgIpc) is 3.95. The first kappa shape index (κ1) is 31.5. The van der Waals surface area contributed by atoms with Gasteiger partial charge in [0.25, 0.3) is 0 Å². The maximum Gasteiger partial charge on any atom is 0.164 e. The first-order valence-electron chi connectivity index (χ1n) is 19.0. The van der Waals surface area contributed by atoms with E-state index in [1.165, 1.54) is 5.39 Å². The van der Waals surface area contributed by atoms with Gasteiger partial charge in [0.05, 0.1) is 11.0 Å². The molecule has 57 heavy (non-hydrogen) atoms. The molecule has 8 aromatic carbocycles. The molecule has 0 fully saturated rings. The first-order valence-corrected chi connectivity index (χ1v) is 19.0. The summed E-state index contributed by atoms with van der Waals surface area (Å²) < 4.78 is 15.2. The summed E-state index contributed by atoms with van der Waals surface area (Å²) in [6.45, 7) is 0. The zero-order valence-electron chi connectivity index (χ0n) is 30.4. The minimum absolute atomic E-state index is 0.567. The Morgan fingerprint density at radius 3 is 1.82 bits per heavy atom. The standard InChI is InChI=1S/C51H30N4O2/c1-3-13-31(14-4-1)32-15-11-16-33(27-32)49-52-50(34-25-26-45-40(28-34)37-20-8-10-23-44(37)56-45)54-51(53-49)38-21-12-24-46-48(38)41-29-39-36-19-7-9-22-42(36)55(35-17-5-2-6-18-35)43(39)30-47(41)57-46/h1-30H. The molecule has 12 rings (SSSR count). The summed E-state index contributed by atoms with van der Waals surface area (Å²) in [5.74, 6) is 1.73. The van der Waals surface area contributed by atoms with Gasteiger partial charge < -0.3 is 13.4 Å². The van der Waals surface area contributed by atoms with Gasteiger partial charge in [-0.2, -0.15) is 0 Å². The second-order valence-corrected chi connectivity index (χ2v) is 14.4. The van der Waals surface area contributed by atoms with Gasteiger partial charge in [0.2, 0.25) is 0 Å². The van der Waals surface area contributed by atoms with Crippen LogP contribution in [0.2, 0.25) is 0 Å². The molecule has 0 bridgehead atoms. The van der Waals surface area contributed by atoms with Gasteiger partial charge in [-0.15, -0.1) is 0 Å². The molecule has 4 heterocycles. The maximum absolute atomic E-state index is 6.69. The van der Waals surface area contributed by atoms with Crippen molar-refractivity contribution in [3.8, 4) is 51.0 Å². The largest absolute Gasteiger partial charge is 0.456 e. The quantitative estimate of drug-likeness (QED) is 0.176. The number of benzene rings is 8. The molecule has 4 aromatic heterocycles. The van der Waals surface area contributed by atoms with Crippen LogP contribution in [-0.2, 0) is 0 Å². The van der Waals surface area contributed by atoms with E-state index in [4.69, 9.17) is 23.8 Å². The second kappa shape index (κ2) is 12.3. The van der Waals surface area contributed by atoms with Gasteiger partial charge in [-0.3, -0.25) is 0 Å². The summed E-state index contributed by atoms with van der Waals surface area (Å²) in [6, 6.07) is 62.7. The summed E-state index contributed by atoms with van der Waals surface area (Å²) in [7, 11) is 0. The van der Waals surface area contributed by atoms with Gasteiger partial charge in [0, 0.05) is 60.8 Å². The van der Waals surface area contributed by atoms with Gasteiger partial charge in [-0.25, -0.2) is 15.0 Å². The minimum Gasteiger partial charge on any atom is -0.456 e. The van der Waals surface area contributed by atoms with Crippen molar-refractivity contribution in [1.29, 1.82) is 0 Å². The molecule has 266 valence electrons. The molecule has 12 aromatic rings. The van der Waals surface area contributed by atoms with Gasteiger partial charge in [0.1, 0.15) is 22.3 Å². The van der Waals surface area contributed by atoms with E-state index < -0.39 is 0 Å². The number of furan rings is 2. The fraction of sp³-hybridized carbons (Fsp3) is 0. The van der Waals surface area contributed by atoms with Crippen LogP contribution in [0.15, 0.2) is 191 Å². The Morgan fingerprint density at radius 1 is 0.333 bits per heavy atom. The van der Waals surface area contributed by atoms with Crippen LogP contribution < -0.4 is 0 Å². The van der Waals surface area contributed by atoms with Crippen molar-refractivity contribution in [3.05, 3.63) is 182 Å². The van der Waals surface area contributed by atoms with Crippen LogP contribution >= 0.6 is 0 Å². The van der Waals surface area contributed by atoms with Crippen molar-refractivity contribution < 1.29 is 8.83 Å². The molecule has 0 N–H and O–H groups in total. The second-order valence-electron chi connectivity index (χ2n) is 14.4. The molecule has 0 spiro atoms. The highest BCUT2D eigenvalue weighted by molar-refractivity contribution is 6.19. The number of para-hydroxylation sites is 3. The monoisotopic (exact) mass is 730 g/mol. The SMILES string of the molecule is c1ccc(-c2cccc(-c3nc(-c4ccc5oc6ccccc6c5c4)nc(-c4cccc5oc6cc7c(cc6c45)c4ccccc4n7-c4ccccc4)n3)c2)cc1. The minimum atomic E-state index is 0.567. The number of aromatic nitrogens is 4. The zero-order chi connectivity index (χ0) is 37.5. The molecular weight excluding hydrogens is 701 g/mol. The highest BCUT2D eigenvalue weighted by atomic mass is 16.3. The van der Waals surface area contributed by atoms with E-state index in [1.807, 2.05) is 54.6 Å². The highest BCUT2D eigenvalue weighted by Gasteiger charge is 2.21. The molecule has 0 aliphatic carbocycles. The molecule has 0 saturated carbocycles. The van der Waals surface area contributed by atoms with Crippen LogP contribution in [0, 0.1) is 0 Å². The van der Waals surface area contributed by atoms with Gasteiger partial charge in [-0.05, 0) is 71.8 Å². The van der Waals surface area contributed by atoms with Crippen LogP contribution in [-0.4, -0.2) is 19.5 Å². The molecule has 0 atom stereocenters. The predicted molar refractivity (Wildman–Crippen MR) is 230 cm³/mol. The maximum atomic E-state index is 6.69. The van der Waals surface area contributed by atoms with E-state index in [-0.39, 0.29) is 0 Å². The number of nitrogens with zero attached hydrogens (tertiary/aromatic N) is 4. The van der Waals surface area contributed by atoms with E-state index in [0.29, 0.717) is 17.5 Å². The highest BCUT2D eigenvalue weighted by Crippen LogP contribution is 2.42. The lowest BCUT2D eigenvalue weighted by Gasteiger charge is -2.10. The Hall–Kier alpha value is -7.83. The summed E-state index contributed by atoms with van der Waals surface area (Å²) in [5.41, 5.74) is 11.4. The Bertz CT molecular complexity index is 3530. The lowest BCUT2D eigenvalue weighted by Crippen LogP contribution is -2.00. The fourth-order valence-electron chi connectivity index (χ4n) is 8.42. The third-order valence-corrected chi connectivity index (χ3v) is 11.0. The van der Waals surface area contributed by atoms with Crippen molar-refractivity contribution in [3.63, 3.8) is 0 Å². The third kappa shape index (κ3) is 5.01. The molecule has 6 heteroatoms. The molecule has 0 unspecified atom stereocenters. The van der Waals surface area contributed by atoms with Crippen LogP contribution in [0.4, 0.5) is 0 Å². The summed E-state index contributed by atoms with van der Waals surface area (Å²) in [4.78, 5) is 15.7. The summed E-state index contributed by atoms with van der Waals surface area (Å²) >= 11 is 0. The smallest absolute Gasteiger partial charge is 0.164 e. The van der Waals surface area contributed by atoms with Gasteiger partial charge in [-0.1, -0.05) is 115 Å². The molecule has 0 aliphatic rings. The number of hydrogen-bond acceptors (Lipinski definition) is 5. The topological polar surface area (TPSA) is 69.9 Å². The molecule has 0 saturated heterocycles. The van der Waals surface area contributed by atoms with Crippen molar-refractivity contribution in [1.82, 2.24) is 19.5 Å². The van der Waals surface area contributed by atoms with E-state index in [9.17, 15) is 0 Å². The Labute approximate surface area is 325 Å². The third-order valence-electron chi connectivity index (χ3n) is 11.0. The Morgan fingerprint density at radius 2 is 0.965 bits per heavy atom.